The zero-order valence-electron chi connectivity index (χ0n) is 10.8. The molecule has 0 radical (unpaired) electrons. The van der Waals surface area contributed by atoms with Gasteiger partial charge in [0.05, 0.1) is 0 Å². The molecule has 0 aliphatic heterocycles. The van der Waals surface area contributed by atoms with Gasteiger partial charge >= 0.3 is 0 Å². The van der Waals surface area contributed by atoms with Gasteiger partial charge in [-0.15, -0.1) is 0 Å². The van der Waals surface area contributed by atoms with E-state index in [-0.39, 0.29) is 0 Å². The molecule has 0 fully saturated rings. The summed E-state index contributed by atoms with van der Waals surface area (Å²) in [6.45, 7) is 14.3. The predicted molar refractivity (Wildman–Crippen MR) is 63.9 cm³/mol. The molecule has 0 saturated heterocycles. The first-order valence-corrected chi connectivity index (χ1v) is 5.57. The third-order valence-corrected chi connectivity index (χ3v) is 2.63. The van der Waals surface area contributed by atoms with Crippen molar-refractivity contribution < 1.29 is 0 Å². The summed E-state index contributed by atoms with van der Waals surface area (Å²) in [7, 11) is 2.13. The highest BCUT2D eigenvalue weighted by molar-refractivity contribution is 5.00. The van der Waals surface area contributed by atoms with Gasteiger partial charge in [-0.1, -0.05) is 26.3 Å². The van der Waals surface area contributed by atoms with Crippen LogP contribution in [0.25, 0.3) is 0 Å². The Bertz CT molecular complexity index is 183. The fourth-order valence-electron chi connectivity index (χ4n) is 1.16. The molecule has 0 aliphatic carbocycles. The predicted octanol–water partition coefficient (Wildman–Crippen LogP) is 3.12. The van der Waals surface area contributed by atoms with Gasteiger partial charge in [-0.05, 0) is 26.7 Å². The van der Waals surface area contributed by atoms with E-state index >= 15 is 0 Å². The van der Waals surface area contributed by atoms with Gasteiger partial charge in [0.2, 0.25) is 0 Å². The third-order valence-electron chi connectivity index (χ3n) is 2.63. The van der Waals surface area contributed by atoms with Crippen LogP contribution in [-0.2, 0) is 0 Å². The molecule has 0 atom stereocenters. The molecule has 0 unspecified atom stereocenters. The van der Waals surface area contributed by atoms with Crippen molar-refractivity contribution in [3.05, 3.63) is 11.8 Å². The van der Waals surface area contributed by atoms with Crippen LogP contribution in [0.3, 0.4) is 0 Å². The smallest absolute Gasteiger partial charge is 0.0394 e. The highest BCUT2D eigenvalue weighted by Crippen LogP contribution is 2.12. The summed E-state index contributed by atoms with van der Waals surface area (Å²) in [5.41, 5.74) is 1.43. The van der Waals surface area contributed by atoms with E-state index in [0.717, 1.165) is 6.54 Å². The van der Waals surface area contributed by atoms with E-state index < -0.39 is 0 Å². The molecule has 0 heterocycles. The number of hydrogen-bond donors (Lipinski definition) is 0. The van der Waals surface area contributed by atoms with Crippen LogP contribution in [0.5, 0.6) is 0 Å². The number of hydrazine groups is 1. The summed E-state index contributed by atoms with van der Waals surface area (Å²) < 4.78 is 0. The number of nitrogens with zero attached hydrogens (tertiary/aromatic N) is 2. The first-order valence-electron chi connectivity index (χ1n) is 5.57. The Labute approximate surface area is 89.6 Å². The molecule has 0 aromatic carbocycles. The first kappa shape index (κ1) is 13.5. The van der Waals surface area contributed by atoms with Crippen LogP contribution < -0.4 is 0 Å². The van der Waals surface area contributed by atoms with Gasteiger partial charge in [-0.2, -0.15) is 0 Å². The molecule has 0 spiro atoms. The molecular weight excluding hydrogens is 172 g/mol. The van der Waals surface area contributed by atoms with Gasteiger partial charge in [-0.25, -0.2) is 5.01 Å². The lowest BCUT2D eigenvalue weighted by Gasteiger charge is -2.34. The normalized spacial score (nSPS) is 13.1. The van der Waals surface area contributed by atoms with Crippen molar-refractivity contribution in [3.63, 3.8) is 0 Å². The maximum absolute atomic E-state index is 2.30. The Morgan fingerprint density at radius 2 is 1.71 bits per heavy atom. The number of hydrogen-bond acceptors (Lipinski definition) is 2. The maximum atomic E-state index is 2.30. The van der Waals surface area contributed by atoms with Crippen molar-refractivity contribution in [2.24, 2.45) is 5.92 Å². The van der Waals surface area contributed by atoms with E-state index in [0.29, 0.717) is 12.0 Å². The van der Waals surface area contributed by atoms with Crippen LogP contribution in [0, 0.1) is 5.92 Å². The Kier molecular flexibility index (Phi) is 5.86. The lowest BCUT2D eigenvalue weighted by Crippen LogP contribution is -2.40. The minimum atomic E-state index is 0.522. The van der Waals surface area contributed by atoms with Gasteiger partial charge in [-0.3, -0.25) is 0 Å². The van der Waals surface area contributed by atoms with Crippen molar-refractivity contribution in [1.82, 2.24) is 10.0 Å². The largest absolute Gasteiger partial charge is 0.311 e. The Hall–Kier alpha value is -0.500. The fourth-order valence-corrected chi connectivity index (χ4v) is 1.16. The molecule has 0 N–H and O–H groups in total. The van der Waals surface area contributed by atoms with Crippen LogP contribution in [0.1, 0.15) is 41.5 Å². The maximum Gasteiger partial charge on any atom is 0.0394 e. The average Bonchev–Trinajstić information content (AvgIpc) is 2.11. The second-order valence-corrected chi connectivity index (χ2v) is 4.48. The molecule has 0 aromatic rings. The lowest BCUT2D eigenvalue weighted by atomic mass is 10.1. The van der Waals surface area contributed by atoms with E-state index in [1.54, 1.807) is 0 Å². The second-order valence-electron chi connectivity index (χ2n) is 4.48. The van der Waals surface area contributed by atoms with Gasteiger partial charge in [0.15, 0.2) is 0 Å². The highest BCUT2D eigenvalue weighted by Gasteiger charge is 2.10. The van der Waals surface area contributed by atoms with Crippen molar-refractivity contribution in [2.45, 2.75) is 47.6 Å². The van der Waals surface area contributed by atoms with Gasteiger partial charge in [0.1, 0.15) is 0 Å². The molecule has 0 rings (SSSR count). The Morgan fingerprint density at radius 1 is 1.21 bits per heavy atom. The lowest BCUT2D eigenvalue weighted by molar-refractivity contribution is 0.0261. The summed E-state index contributed by atoms with van der Waals surface area (Å²) in [6, 6.07) is 0.522. The average molecular weight is 198 g/mol. The standard InChI is InChI=1S/C12H26N2/c1-8-13(7)14(11(4)5)9-12(6)10(2)3/h9-11H,8H2,1-7H3/b12-9+. The van der Waals surface area contributed by atoms with E-state index in [9.17, 15) is 0 Å². The zero-order valence-corrected chi connectivity index (χ0v) is 10.8. The van der Waals surface area contributed by atoms with Crippen molar-refractivity contribution in [1.29, 1.82) is 0 Å². The van der Waals surface area contributed by atoms with E-state index in [1.165, 1.54) is 5.57 Å². The summed E-state index contributed by atoms with van der Waals surface area (Å²) in [6.07, 6.45) is 2.26. The van der Waals surface area contributed by atoms with Gasteiger partial charge in [0, 0.05) is 25.8 Å². The van der Waals surface area contributed by atoms with Gasteiger partial charge < -0.3 is 5.01 Å². The summed E-state index contributed by atoms with van der Waals surface area (Å²) in [5.74, 6) is 0.626. The molecular formula is C12H26N2. The molecule has 84 valence electrons. The SMILES string of the molecule is CCN(C)N(/C=C(\C)C(C)C)C(C)C. The van der Waals surface area contributed by atoms with Gasteiger partial charge in [0.25, 0.3) is 0 Å². The molecule has 0 aliphatic rings. The third kappa shape index (κ3) is 4.14. The minimum Gasteiger partial charge on any atom is -0.311 e. The second kappa shape index (κ2) is 6.07. The van der Waals surface area contributed by atoms with E-state index in [4.69, 9.17) is 0 Å². The van der Waals surface area contributed by atoms with Crippen molar-refractivity contribution in [2.75, 3.05) is 13.6 Å². The molecule has 0 amide bonds. The van der Waals surface area contributed by atoms with E-state index in [1.807, 2.05) is 0 Å². The molecule has 2 nitrogen and oxygen atoms in total. The molecule has 0 aromatic heterocycles. The van der Waals surface area contributed by atoms with Crippen LogP contribution in [0.15, 0.2) is 11.8 Å². The number of allylic oxidation sites excluding steroid dienone is 1. The summed E-state index contributed by atoms with van der Waals surface area (Å²) in [4.78, 5) is 0. The minimum absolute atomic E-state index is 0.522. The molecule has 14 heavy (non-hydrogen) atoms. The topological polar surface area (TPSA) is 6.48 Å². The van der Waals surface area contributed by atoms with Crippen LogP contribution in [0.4, 0.5) is 0 Å². The Morgan fingerprint density at radius 3 is 2.00 bits per heavy atom. The molecule has 0 saturated carbocycles. The van der Waals surface area contributed by atoms with Crippen molar-refractivity contribution in [3.8, 4) is 0 Å². The molecule has 2 heteroatoms. The number of rotatable bonds is 5. The van der Waals surface area contributed by atoms with E-state index in [2.05, 4.69) is 64.8 Å². The van der Waals surface area contributed by atoms with Crippen LogP contribution in [0.2, 0.25) is 0 Å². The van der Waals surface area contributed by atoms with Crippen LogP contribution >= 0.6 is 0 Å². The van der Waals surface area contributed by atoms with Crippen LogP contribution in [-0.4, -0.2) is 29.7 Å². The summed E-state index contributed by atoms with van der Waals surface area (Å²) in [5, 5.41) is 4.55. The molecule has 0 bridgehead atoms. The Balaban J connectivity index is 4.59. The zero-order chi connectivity index (χ0) is 11.3. The van der Waals surface area contributed by atoms with Crippen molar-refractivity contribution >= 4 is 0 Å². The quantitative estimate of drug-likeness (QED) is 0.626. The fraction of sp³-hybridized carbons (Fsp3) is 0.833. The first-order chi connectivity index (χ1) is 6.40. The monoisotopic (exact) mass is 198 g/mol. The summed E-state index contributed by atoms with van der Waals surface area (Å²) >= 11 is 0. The highest BCUT2D eigenvalue weighted by atomic mass is 15.6.